The van der Waals surface area contributed by atoms with Crippen molar-refractivity contribution in [2.75, 3.05) is 20.1 Å². The van der Waals surface area contributed by atoms with Crippen LogP contribution >= 0.6 is 0 Å². The lowest BCUT2D eigenvalue weighted by molar-refractivity contribution is 0.286. The van der Waals surface area contributed by atoms with Crippen molar-refractivity contribution in [2.45, 2.75) is 47.7 Å². The van der Waals surface area contributed by atoms with Crippen LogP contribution in [0.1, 0.15) is 44.8 Å². The Bertz CT molecular complexity index is 369. The van der Waals surface area contributed by atoms with Gasteiger partial charge in [-0.25, -0.2) is 0 Å². The molecule has 0 fully saturated rings. The highest BCUT2D eigenvalue weighted by molar-refractivity contribution is 5.20. The second-order valence-electron chi connectivity index (χ2n) is 6.41. The van der Waals surface area contributed by atoms with Gasteiger partial charge in [-0.3, -0.25) is 0 Å². The van der Waals surface area contributed by atoms with Gasteiger partial charge in [-0.15, -0.1) is 0 Å². The van der Waals surface area contributed by atoms with E-state index in [9.17, 15) is 0 Å². The predicted molar refractivity (Wildman–Crippen MR) is 81.2 cm³/mol. The van der Waals surface area contributed by atoms with Crippen molar-refractivity contribution in [1.82, 2.24) is 10.2 Å². The van der Waals surface area contributed by atoms with Gasteiger partial charge in [0.2, 0.25) is 0 Å². The molecule has 3 nitrogen and oxygen atoms in total. The first-order chi connectivity index (χ1) is 8.88. The third-order valence-corrected chi connectivity index (χ3v) is 3.04. The maximum Gasteiger partial charge on any atom is 0.118 e. The predicted octanol–water partition coefficient (Wildman–Crippen LogP) is 3.42. The quantitative estimate of drug-likeness (QED) is 0.781. The lowest BCUT2D eigenvalue weighted by Crippen LogP contribution is -2.22. The summed E-state index contributed by atoms with van der Waals surface area (Å²) in [5.41, 5.74) is 1.31. The van der Waals surface area contributed by atoms with Crippen molar-refractivity contribution in [3.05, 3.63) is 23.2 Å². The van der Waals surface area contributed by atoms with E-state index in [0.717, 1.165) is 37.7 Å². The van der Waals surface area contributed by atoms with E-state index < -0.39 is 0 Å². The van der Waals surface area contributed by atoms with Crippen LogP contribution in [0.15, 0.2) is 10.5 Å². The summed E-state index contributed by atoms with van der Waals surface area (Å²) in [5, 5.41) is 3.42. The molecule has 0 aliphatic carbocycles. The van der Waals surface area contributed by atoms with E-state index in [4.69, 9.17) is 4.42 Å². The Kier molecular flexibility index (Phi) is 6.59. The molecule has 3 heteroatoms. The molecule has 1 rings (SSSR count). The molecule has 0 saturated heterocycles. The first kappa shape index (κ1) is 16.3. The fourth-order valence-electron chi connectivity index (χ4n) is 2.29. The molecule has 1 N–H and O–H groups in total. The minimum absolute atomic E-state index is 0.674. The van der Waals surface area contributed by atoms with Crippen LogP contribution in [-0.2, 0) is 13.1 Å². The van der Waals surface area contributed by atoms with Crippen LogP contribution in [0, 0.1) is 18.8 Å². The monoisotopic (exact) mass is 266 g/mol. The Morgan fingerprint density at radius 1 is 1.21 bits per heavy atom. The van der Waals surface area contributed by atoms with E-state index >= 15 is 0 Å². The summed E-state index contributed by atoms with van der Waals surface area (Å²) < 4.78 is 5.81. The largest absolute Gasteiger partial charge is 0.465 e. The maximum absolute atomic E-state index is 5.81. The first-order valence-electron chi connectivity index (χ1n) is 7.36. The Balaban J connectivity index is 2.49. The van der Waals surface area contributed by atoms with Crippen LogP contribution in [0.3, 0.4) is 0 Å². The molecule has 110 valence electrons. The molecule has 0 aliphatic rings. The molecule has 0 spiro atoms. The van der Waals surface area contributed by atoms with Gasteiger partial charge in [-0.05, 0) is 38.4 Å². The van der Waals surface area contributed by atoms with Crippen LogP contribution in [0.25, 0.3) is 0 Å². The van der Waals surface area contributed by atoms with Gasteiger partial charge in [0.1, 0.15) is 11.5 Å². The molecule has 0 bridgehead atoms. The normalized spacial score (nSPS) is 12.1. The zero-order valence-electron chi connectivity index (χ0n) is 13.4. The van der Waals surface area contributed by atoms with E-state index in [0.29, 0.717) is 11.8 Å². The van der Waals surface area contributed by atoms with Gasteiger partial charge >= 0.3 is 0 Å². The molecular formula is C16H30N2O. The average Bonchev–Trinajstić information content (AvgIpc) is 2.57. The third kappa shape index (κ3) is 6.26. The number of nitrogens with one attached hydrogen (secondary N) is 1. The van der Waals surface area contributed by atoms with Crippen molar-refractivity contribution in [3.8, 4) is 0 Å². The molecule has 1 aromatic heterocycles. The summed E-state index contributed by atoms with van der Waals surface area (Å²) in [7, 11) is 2.17. The standard InChI is InChI=1S/C16H30N2O/c1-12(2)8-17-9-16-7-15(14(5)19-16)11-18(6)10-13(3)4/h7,12-13,17H,8-11H2,1-6H3. The van der Waals surface area contributed by atoms with E-state index in [-0.39, 0.29) is 0 Å². The van der Waals surface area contributed by atoms with E-state index in [1.54, 1.807) is 0 Å². The highest BCUT2D eigenvalue weighted by Crippen LogP contribution is 2.16. The minimum atomic E-state index is 0.674. The van der Waals surface area contributed by atoms with Gasteiger partial charge in [-0.1, -0.05) is 27.7 Å². The highest BCUT2D eigenvalue weighted by Gasteiger charge is 2.10. The molecule has 0 amide bonds. The van der Waals surface area contributed by atoms with Crippen molar-refractivity contribution < 1.29 is 4.42 Å². The van der Waals surface area contributed by atoms with Crippen molar-refractivity contribution in [2.24, 2.45) is 11.8 Å². The summed E-state index contributed by atoms with van der Waals surface area (Å²) in [6.45, 7) is 14.9. The molecule has 1 heterocycles. The van der Waals surface area contributed by atoms with E-state index in [1.807, 2.05) is 0 Å². The summed E-state index contributed by atoms with van der Waals surface area (Å²) >= 11 is 0. The van der Waals surface area contributed by atoms with Crippen LogP contribution in [-0.4, -0.2) is 25.0 Å². The van der Waals surface area contributed by atoms with Gasteiger partial charge in [0.15, 0.2) is 0 Å². The topological polar surface area (TPSA) is 28.4 Å². The van der Waals surface area contributed by atoms with Gasteiger partial charge in [0, 0.05) is 18.7 Å². The van der Waals surface area contributed by atoms with Crippen LogP contribution in [0.4, 0.5) is 0 Å². The average molecular weight is 266 g/mol. The van der Waals surface area contributed by atoms with Crippen molar-refractivity contribution in [3.63, 3.8) is 0 Å². The molecular weight excluding hydrogens is 236 g/mol. The molecule has 19 heavy (non-hydrogen) atoms. The maximum atomic E-state index is 5.81. The number of furan rings is 1. The summed E-state index contributed by atoms with van der Waals surface area (Å²) in [6, 6.07) is 2.19. The Morgan fingerprint density at radius 2 is 1.89 bits per heavy atom. The fraction of sp³-hybridized carbons (Fsp3) is 0.750. The van der Waals surface area contributed by atoms with Crippen LogP contribution in [0.2, 0.25) is 0 Å². The first-order valence-corrected chi connectivity index (χ1v) is 7.36. The van der Waals surface area contributed by atoms with E-state index in [1.165, 1.54) is 5.56 Å². The molecule has 0 saturated carbocycles. The fourth-order valence-corrected chi connectivity index (χ4v) is 2.29. The number of aryl methyl sites for hydroxylation is 1. The lowest BCUT2D eigenvalue weighted by atomic mass is 10.2. The number of hydrogen-bond acceptors (Lipinski definition) is 3. The molecule has 0 radical (unpaired) electrons. The summed E-state index contributed by atoms with van der Waals surface area (Å²) in [4.78, 5) is 2.36. The molecule has 0 aromatic carbocycles. The smallest absolute Gasteiger partial charge is 0.118 e. The minimum Gasteiger partial charge on any atom is -0.465 e. The second kappa shape index (κ2) is 7.71. The second-order valence-corrected chi connectivity index (χ2v) is 6.41. The highest BCUT2D eigenvalue weighted by atomic mass is 16.3. The Labute approximate surface area is 118 Å². The van der Waals surface area contributed by atoms with Gasteiger partial charge in [0.05, 0.1) is 6.54 Å². The molecule has 0 atom stereocenters. The Hall–Kier alpha value is -0.800. The van der Waals surface area contributed by atoms with Crippen molar-refractivity contribution in [1.29, 1.82) is 0 Å². The third-order valence-electron chi connectivity index (χ3n) is 3.04. The molecule has 0 unspecified atom stereocenters. The summed E-state index contributed by atoms with van der Waals surface area (Å²) in [6.07, 6.45) is 0. The number of rotatable bonds is 8. The Morgan fingerprint density at radius 3 is 2.47 bits per heavy atom. The SMILES string of the molecule is Cc1oc(CNCC(C)C)cc1CN(C)CC(C)C. The van der Waals surface area contributed by atoms with Crippen LogP contribution in [0.5, 0.6) is 0 Å². The van der Waals surface area contributed by atoms with Gasteiger partial charge in [-0.2, -0.15) is 0 Å². The molecule has 1 aromatic rings. The van der Waals surface area contributed by atoms with Crippen molar-refractivity contribution >= 4 is 0 Å². The number of nitrogens with zero attached hydrogens (tertiary/aromatic N) is 1. The molecule has 0 aliphatic heterocycles. The summed E-state index contributed by atoms with van der Waals surface area (Å²) in [5.74, 6) is 3.47. The zero-order chi connectivity index (χ0) is 14.4. The lowest BCUT2D eigenvalue weighted by Gasteiger charge is -2.18. The van der Waals surface area contributed by atoms with Gasteiger partial charge in [0.25, 0.3) is 0 Å². The number of hydrogen-bond donors (Lipinski definition) is 1. The van der Waals surface area contributed by atoms with Gasteiger partial charge < -0.3 is 14.6 Å². The van der Waals surface area contributed by atoms with Crippen LogP contribution < -0.4 is 5.32 Å². The zero-order valence-corrected chi connectivity index (χ0v) is 13.4. The van der Waals surface area contributed by atoms with E-state index in [2.05, 4.69) is 57.9 Å².